The van der Waals surface area contributed by atoms with Crippen LogP contribution in [0.4, 0.5) is 0 Å². The molecule has 3 aliphatic heterocycles. The van der Waals surface area contributed by atoms with Crippen molar-refractivity contribution in [3.63, 3.8) is 0 Å². The molecule has 0 aromatic heterocycles. The Morgan fingerprint density at radius 2 is 0.569 bits per heavy atom. The molecule has 0 radical (unpaired) electrons. The maximum atomic E-state index is 6.94. The summed E-state index contributed by atoms with van der Waals surface area (Å²) in [6, 6.07) is 0. The van der Waals surface area contributed by atoms with Crippen molar-refractivity contribution >= 4 is 11.6 Å². The topological polar surface area (TPSA) is 73.8 Å². The second kappa shape index (κ2) is 47.8. The van der Waals surface area contributed by atoms with Gasteiger partial charge < -0.3 is 37.9 Å². The van der Waals surface area contributed by atoms with Crippen molar-refractivity contribution < 1.29 is 37.9 Å². The number of fused-ring (bicyclic) bond motifs is 20. The molecule has 3 unspecified atom stereocenters. The summed E-state index contributed by atoms with van der Waals surface area (Å²) in [4.78, 5) is 0. The molecule has 0 aromatic carbocycles. The van der Waals surface area contributed by atoms with E-state index in [1.54, 1.807) is 29.4 Å². The zero-order chi connectivity index (χ0) is 96.8. The average Bonchev–Trinajstić information content (AvgIpc) is 1.65. The number of allylic oxidation sites excluding steroid dienone is 4. The summed E-state index contributed by atoms with van der Waals surface area (Å²) >= 11 is 6.94. The van der Waals surface area contributed by atoms with Crippen LogP contribution in [0.5, 0.6) is 0 Å². The van der Waals surface area contributed by atoms with E-state index in [4.69, 9.17) is 49.5 Å². The van der Waals surface area contributed by atoms with Crippen LogP contribution in [0, 0.1) is 185 Å². The molecule has 784 valence electrons. The summed E-state index contributed by atoms with van der Waals surface area (Å²) in [6.07, 6.45) is 87.9. The molecule has 3 saturated heterocycles. The van der Waals surface area contributed by atoms with Crippen molar-refractivity contribution in [2.45, 2.75) is 534 Å². The Morgan fingerprint density at radius 3 is 0.825 bits per heavy atom. The summed E-state index contributed by atoms with van der Waals surface area (Å²) in [5.74, 6) is 22.6. The predicted molar refractivity (Wildman–Crippen MR) is 573 cm³/mol. The van der Waals surface area contributed by atoms with E-state index in [1.165, 1.54) is 321 Å². The van der Waals surface area contributed by atoms with E-state index in [1.807, 2.05) is 0 Å². The van der Waals surface area contributed by atoms with Crippen LogP contribution in [0.25, 0.3) is 0 Å². The molecule has 0 spiro atoms. The lowest BCUT2D eigenvalue weighted by Crippen LogP contribution is -2.53. The number of methoxy groups -OCH3 is 1. The maximum absolute atomic E-state index is 6.94. The van der Waals surface area contributed by atoms with E-state index in [2.05, 4.69) is 156 Å². The molecule has 3 heterocycles. The standard InChI is InChI=1S/2C33H56O2.C32H53ClO2.C30H52O2/c2*1-6-33-20-17-26(35-31-12-7-8-21-34-31)22-25(33)13-14-27-29-16-15-28(24(4)11-9-10-23(2)3)32(29,5)19-18-30(27)33;1-22(2)8-7-9-23(3)27-13-14-28-26-12-11-24-20-25(35-30-10-5-6-19-34-30)15-18-32(24,21-33)29(26)16-17-31(27,28)4;1-7-30-18-15-24(32-20-31-6)19-23(30)11-12-25-27-14-13-26(22(4)10-8-9-21(2)3)29(27,5)17-16-28(25)30/h2*13,23-24,26-31H,6-12,14-22H2,1-5H3;11,22-23,25-30H,5-10,12-21H2,1-4H3;11,21-22,24-28H,7-10,12-20H2,1-6H3/t2*24-,26+,27+,28-,29+,30+,31?,32-,33+;23-,25+,26+,27-,28+,29+,30?,31-,32-;22-,24+,25+,26-,27+,28+,29-,30+/m1111/s1. The smallest absolute Gasteiger partial charge is 0.157 e. The van der Waals surface area contributed by atoms with Gasteiger partial charge in [0.1, 0.15) is 6.79 Å². The fourth-order valence-electron chi connectivity index (χ4n) is 39.8. The highest BCUT2D eigenvalue weighted by atomic mass is 35.5. The first kappa shape index (κ1) is 109. The summed E-state index contributed by atoms with van der Waals surface area (Å²) in [5.41, 5.74) is 11.0. The van der Waals surface area contributed by atoms with Crippen LogP contribution in [0.3, 0.4) is 0 Å². The number of ether oxygens (including phenoxy) is 8. The lowest BCUT2D eigenvalue weighted by Gasteiger charge is -2.59. The molecule has 8 nitrogen and oxygen atoms in total. The Hall–Kier alpha value is -1.07. The van der Waals surface area contributed by atoms with Crippen molar-refractivity contribution in [1.82, 2.24) is 0 Å². The van der Waals surface area contributed by atoms with Crippen molar-refractivity contribution in [3.8, 4) is 0 Å². The Kier molecular flexibility index (Phi) is 37.9. The molecule has 16 aliphatic carbocycles. The molecule has 0 bridgehead atoms. The highest BCUT2D eigenvalue weighted by Gasteiger charge is 2.66. The van der Waals surface area contributed by atoms with Crippen molar-refractivity contribution in [3.05, 3.63) is 46.6 Å². The third-order valence-corrected chi connectivity index (χ3v) is 47.4. The predicted octanol–water partition coefficient (Wildman–Crippen LogP) is 36.2. The Balaban J connectivity index is 0.000000132. The number of alkyl halides is 1. The Labute approximate surface area is 849 Å². The third-order valence-electron chi connectivity index (χ3n) is 46.9. The van der Waals surface area contributed by atoms with Gasteiger partial charge in [-0.2, -0.15) is 0 Å². The zero-order valence-corrected chi connectivity index (χ0v) is 93.7. The number of rotatable bonds is 33. The van der Waals surface area contributed by atoms with Gasteiger partial charge in [-0.05, 0) is 462 Å². The van der Waals surface area contributed by atoms with Gasteiger partial charge in [-0.1, -0.05) is 255 Å². The third kappa shape index (κ3) is 22.9. The molecule has 12 saturated carbocycles. The molecule has 19 aliphatic rings. The first-order valence-corrected chi connectivity index (χ1v) is 61.8. The van der Waals surface area contributed by atoms with Crippen LogP contribution in [0.1, 0.15) is 491 Å². The second-order valence-corrected chi connectivity index (χ2v) is 55.4. The highest BCUT2D eigenvalue weighted by molar-refractivity contribution is 6.18. The van der Waals surface area contributed by atoms with E-state index in [0.717, 1.165) is 206 Å². The van der Waals surface area contributed by atoms with E-state index in [0.29, 0.717) is 69.1 Å². The molecule has 0 N–H and O–H groups in total. The summed E-state index contributed by atoms with van der Waals surface area (Å²) < 4.78 is 48.5. The van der Waals surface area contributed by atoms with Crippen molar-refractivity contribution in [2.75, 3.05) is 39.6 Å². The van der Waals surface area contributed by atoms with Crippen LogP contribution >= 0.6 is 11.6 Å². The molecule has 0 amide bonds. The monoisotopic (exact) mass is 1920 g/mol. The van der Waals surface area contributed by atoms with Crippen LogP contribution in [0.2, 0.25) is 0 Å². The van der Waals surface area contributed by atoms with Gasteiger partial charge in [-0.3, -0.25) is 0 Å². The summed E-state index contributed by atoms with van der Waals surface area (Å²) in [6.45, 7) is 50.9. The maximum Gasteiger partial charge on any atom is 0.157 e. The van der Waals surface area contributed by atoms with Crippen LogP contribution in [0.15, 0.2) is 46.6 Å². The van der Waals surface area contributed by atoms with E-state index in [9.17, 15) is 0 Å². The molecule has 19 rings (SSSR count). The van der Waals surface area contributed by atoms with Gasteiger partial charge in [0, 0.05) is 38.2 Å². The number of hydrogen-bond acceptors (Lipinski definition) is 8. The van der Waals surface area contributed by atoms with E-state index < -0.39 is 0 Å². The van der Waals surface area contributed by atoms with Gasteiger partial charge >= 0.3 is 0 Å². The first-order valence-electron chi connectivity index (χ1n) is 61.2. The molecule has 0 aromatic rings. The van der Waals surface area contributed by atoms with Gasteiger partial charge in [-0.15, -0.1) is 11.6 Å². The van der Waals surface area contributed by atoms with Crippen molar-refractivity contribution in [1.29, 1.82) is 0 Å². The van der Waals surface area contributed by atoms with Gasteiger partial charge in [0.05, 0.1) is 24.4 Å². The summed E-state index contributed by atoms with van der Waals surface area (Å²) in [7, 11) is 1.74. The van der Waals surface area contributed by atoms with E-state index >= 15 is 0 Å². The normalized spacial score (nSPS) is 43.8. The second-order valence-electron chi connectivity index (χ2n) is 55.1. The molecule has 35 atom stereocenters. The molecule has 137 heavy (non-hydrogen) atoms. The van der Waals surface area contributed by atoms with Crippen LogP contribution < -0.4 is 0 Å². The summed E-state index contributed by atoms with van der Waals surface area (Å²) in [5, 5.41) is 0. The van der Waals surface area contributed by atoms with Gasteiger partial charge in [0.2, 0.25) is 0 Å². The first-order chi connectivity index (χ1) is 66.0. The zero-order valence-electron chi connectivity index (χ0n) is 93.0. The van der Waals surface area contributed by atoms with E-state index in [-0.39, 0.29) is 24.3 Å². The van der Waals surface area contributed by atoms with Gasteiger partial charge in [-0.25, -0.2) is 0 Å². The minimum Gasteiger partial charge on any atom is -0.359 e. The number of hydrogen-bond donors (Lipinski definition) is 0. The molecule has 15 fully saturated rings. The minimum atomic E-state index is 0.0301. The lowest BCUT2D eigenvalue weighted by atomic mass is 9.46. The highest BCUT2D eigenvalue weighted by Crippen LogP contribution is 2.74. The fourth-order valence-corrected chi connectivity index (χ4v) is 40.3. The van der Waals surface area contributed by atoms with Gasteiger partial charge in [0.25, 0.3) is 0 Å². The SMILES string of the molecule is CC(C)CCC[C@@H](C)[C@H]1CC[C@H]2[C@@H]3CC=C4C[C@@H](OC5CCCCO5)CC[C@]4(CCl)[C@H]3CC[C@]12C.CC[C@]12CC[C@H](OC3CCCCO3)CC1=CC[C@@H]1[C@@H]2CC[C@]2(C)[C@@H]([C@H](C)CCCC(C)C)CC[C@@H]12.CC[C@]12CC[C@H](OC3CCCCO3)CC1=CC[C@@H]1[C@@H]2CC[C@]2(C)[C@@H]([C@H](C)CCCC(C)C)CC[C@@H]12.CC[C@]12CC[C@H](OCOC)CC1=CC[C@@H]1[C@@H]2CC[C@]2(C)[C@@H]([C@H](C)CCCC(C)C)CC[C@@H]12. The molecule has 9 heteroatoms. The van der Waals surface area contributed by atoms with Gasteiger partial charge in [0.15, 0.2) is 18.9 Å². The largest absolute Gasteiger partial charge is 0.359 e. The Morgan fingerprint density at radius 1 is 0.307 bits per heavy atom. The average molecular weight is 1920 g/mol. The molecular weight excluding hydrogens is 1700 g/mol. The van der Waals surface area contributed by atoms with Crippen molar-refractivity contribution in [2.24, 2.45) is 185 Å². The minimum absolute atomic E-state index is 0.0301. The fraction of sp³-hybridized carbons (Fsp3) is 0.938. The van der Waals surface area contributed by atoms with Crippen LogP contribution in [-0.2, 0) is 37.9 Å². The van der Waals surface area contributed by atoms with Crippen LogP contribution in [-0.4, -0.2) is 82.9 Å². The number of halogens is 1. The lowest BCUT2D eigenvalue weighted by molar-refractivity contribution is -0.196. The molecular formula is C128H217ClO8. The quantitative estimate of drug-likeness (QED) is 0.0366. The Bertz CT molecular complexity index is 3540.